The van der Waals surface area contributed by atoms with Crippen LogP contribution in [0, 0.1) is 18.3 Å². The lowest BCUT2D eigenvalue weighted by molar-refractivity contribution is -0.0276. The Morgan fingerprint density at radius 2 is 1.70 bits per heavy atom. The van der Waals surface area contributed by atoms with Crippen LogP contribution in [-0.2, 0) is 6.42 Å². The van der Waals surface area contributed by atoms with Crippen LogP contribution in [0.2, 0.25) is 0 Å². The van der Waals surface area contributed by atoms with Gasteiger partial charge in [-0.15, -0.1) is 0 Å². The zero-order chi connectivity index (χ0) is 14.8. The first-order valence-electron chi connectivity index (χ1n) is 8.13. The van der Waals surface area contributed by atoms with E-state index in [0.29, 0.717) is 5.41 Å². The standard InChI is InChI=1S/C19H30O/c1-5-18(3,4)17-10-12-19(20,13-11-17)14-16-8-6-15(2)7-9-16/h6-9,17,20H,5,10-14H2,1-4H3. The van der Waals surface area contributed by atoms with Gasteiger partial charge < -0.3 is 5.11 Å². The van der Waals surface area contributed by atoms with E-state index in [1.54, 1.807) is 0 Å². The molecular formula is C19H30O. The molecule has 1 aliphatic rings. The lowest BCUT2D eigenvalue weighted by Gasteiger charge is -2.42. The van der Waals surface area contributed by atoms with Crippen LogP contribution in [0.25, 0.3) is 0 Å². The molecule has 0 aliphatic heterocycles. The Kier molecular flexibility index (Phi) is 4.59. The summed E-state index contributed by atoms with van der Waals surface area (Å²) in [6.07, 6.45) is 6.29. The van der Waals surface area contributed by atoms with Crippen molar-refractivity contribution in [3.8, 4) is 0 Å². The second-order valence-corrected chi connectivity index (χ2v) is 7.50. The highest BCUT2D eigenvalue weighted by Gasteiger charge is 2.38. The summed E-state index contributed by atoms with van der Waals surface area (Å²) in [5.74, 6) is 0.769. The van der Waals surface area contributed by atoms with Gasteiger partial charge >= 0.3 is 0 Å². The molecule has 0 amide bonds. The second-order valence-electron chi connectivity index (χ2n) is 7.50. The number of aryl methyl sites for hydroxylation is 1. The molecule has 0 atom stereocenters. The summed E-state index contributed by atoms with van der Waals surface area (Å²) in [6.45, 7) is 9.15. The predicted octanol–water partition coefficient (Wildman–Crippen LogP) is 4.90. The van der Waals surface area contributed by atoms with Crippen LogP contribution < -0.4 is 0 Å². The van der Waals surface area contributed by atoms with Crippen LogP contribution in [0.5, 0.6) is 0 Å². The number of aliphatic hydroxyl groups is 1. The van der Waals surface area contributed by atoms with Gasteiger partial charge in [-0.1, -0.05) is 57.0 Å². The predicted molar refractivity (Wildman–Crippen MR) is 85.9 cm³/mol. The molecule has 0 unspecified atom stereocenters. The van der Waals surface area contributed by atoms with Gasteiger partial charge in [-0.05, 0) is 49.5 Å². The van der Waals surface area contributed by atoms with E-state index in [9.17, 15) is 5.11 Å². The molecule has 112 valence electrons. The maximum atomic E-state index is 10.9. The first-order chi connectivity index (χ1) is 9.35. The third kappa shape index (κ3) is 3.63. The van der Waals surface area contributed by atoms with Crippen molar-refractivity contribution >= 4 is 0 Å². The van der Waals surface area contributed by atoms with Crippen LogP contribution in [-0.4, -0.2) is 10.7 Å². The third-order valence-electron chi connectivity index (χ3n) is 5.59. The summed E-state index contributed by atoms with van der Waals surface area (Å²) in [4.78, 5) is 0. The molecule has 1 saturated carbocycles. The molecule has 1 N–H and O–H groups in total. The molecule has 1 heteroatoms. The van der Waals surface area contributed by atoms with Gasteiger partial charge in [-0.2, -0.15) is 0 Å². The molecule has 1 fully saturated rings. The van der Waals surface area contributed by atoms with Gasteiger partial charge in [0.25, 0.3) is 0 Å². The molecule has 0 spiro atoms. The maximum Gasteiger partial charge on any atom is 0.0688 e. The minimum Gasteiger partial charge on any atom is -0.390 e. The fourth-order valence-electron chi connectivity index (χ4n) is 3.49. The van der Waals surface area contributed by atoms with Crippen LogP contribution in [0.3, 0.4) is 0 Å². The minimum atomic E-state index is -0.477. The number of rotatable bonds is 4. The van der Waals surface area contributed by atoms with Crippen LogP contribution >= 0.6 is 0 Å². The summed E-state index contributed by atoms with van der Waals surface area (Å²) < 4.78 is 0. The summed E-state index contributed by atoms with van der Waals surface area (Å²) in [5.41, 5.74) is 2.50. The Balaban J connectivity index is 1.96. The van der Waals surface area contributed by atoms with Gasteiger partial charge in [-0.25, -0.2) is 0 Å². The molecule has 0 bridgehead atoms. The second kappa shape index (κ2) is 5.89. The topological polar surface area (TPSA) is 20.2 Å². The Labute approximate surface area is 124 Å². The van der Waals surface area contributed by atoms with Crippen molar-refractivity contribution in [1.29, 1.82) is 0 Å². The average Bonchev–Trinajstić information content (AvgIpc) is 2.42. The highest BCUT2D eigenvalue weighted by atomic mass is 16.3. The molecular weight excluding hydrogens is 244 g/mol. The lowest BCUT2D eigenvalue weighted by atomic mass is 9.65. The Morgan fingerprint density at radius 3 is 2.20 bits per heavy atom. The highest BCUT2D eigenvalue weighted by Crippen LogP contribution is 2.44. The molecule has 1 aromatic carbocycles. The Morgan fingerprint density at radius 1 is 1.15 bits per heavy atom. The molecule has 0 heterocycles. The molecule has 1 aromatic rings. The quantitative estimate of drug-likeness (QED) is 0.828. The Bertz CT molecular complexity index is 422. The molecule has 20 heavy (non-hydrogen) atoms. The van der Waals surface area contributed by atoms with Gasteiger partial charge in [-0.3, -0.25) is 0 Å². The summed E-state index contributed by atoms with van der Waals surface area (Å²) in [5, 5.41) is 10.9. The van der Waals surface area contributed by atoms with Crippen LogP contribution in [0.1, 0.15) is 64.0 Å². The monoisotopic (exact) mass is 274 g/mol. The summed E-state index contributed by atoms with van der Waals surface area (Å²) >= 11 is 0. The first-order valence-corrected chi connectivity index (χ1v) is 8.13. The van der Waals surface area contributed by atoms with E-state index in [2.05, 4.69) is 52.0 Å². The smallest absolute Gasteiger partial charge is 0.0688 e. The summed E-state index contributed by atoms with van der Waals surface area (Å²) in [6, 6.07) is 8.61. The van der Waals surface area contributed by atoms with Crippen molar-refractivity contribution in [3.63, 3.8) is 0 Å². The van der Waals surface area contributed by atoms with E-state index in [-0.39, 0.29) is 0 Å². The van der Waals surface area contributed by atoms with Crippen molar-refractivity contribution in [1.82, 2.24) is 0 Å². The van der Waals surface area contributed by atoms with E-state index in [0.717, 1.165) is 25.2 Å². The molecule has 0 saturated heterocycles. The highest BCUT2D eigenvalue weighted by molar-refractivity contribution is 5.23. The molecule has 1 nitrogen and oxygen atoms in total. The number of hydrogen-bond acceptors (Lipinski definition) is 1. The largest absolute Gasteiger partial charge is 0.390 e. The average molecular weight is 274 g/mol. The lowest BCUT2D eigenvalue weighted by Crippen LogP contribution is -2.39. The number of hydrogen-bond donors (Lipinski definition) is 1. The molecule has 2 rings (SSSR count). The van der Waals surface area contributed by atoms with Gasteiger partial charge in [0.2, 0.25) is 0 Å². The van der Waals surface area contributed by atoms with Crippen molar-refractivity contribution in [2.75, 3.05) is 0 Å². The molecule has 1 aliphatic carbocycles. The van der Waals surface area contributed by atoms with E-state index in [1.165, 1.54) is 30.4 Å². The fraction of sp³-hybridized carbons (Fsp3) is 0.684. The van der Waals surface area contributed by atoms with E-state index >= 15 is 0 Å². The van der Waals surface area contributed by atoms with Crippen LogP contribution in [0.4, 0.5) is 0 Å². The van der Waals surface area contributed by atoms with Crippen molar-refractivity contribution in [2.45, 2.75) is 71.8 Å². The van der Waals surface area contributed by atoms with Gasteiger partial charge in [0.15, 0.2) is 0 Å². The van der Waals surface area contributed by atoms with Gasteiger partial charge in [0, 0.05) is 6.42 Å². The van der Waals surface area contributed by atoms with Crippen molar-refractivity contribution < 1.29 is 5.11 Å². The Hall–Kier alpha value is -0.820. The van der Waals surface area contributed by atoms with Crippen molar-refractivity contribution in [2.24, 2.45) is 11.3 Å². The van der Waals surface area contributed by atoms with Gasteiger partial charge in [0.05, 0.1) is 5.60 Å². The van der Waals surface area contributed by atoms with E-state index in [1.807, 2.05) is 0 Å². The SMILES string of the molecule is CCC(C)(C)C1CCC(O)(Cc2ccc(C)cc2)CC1. The van der Waals surface area contributed by atoms with Gasteiger partial charge in [0.1, 0.15) is 0 Å². The fourth-order valence-corrected chi connectivity index (χ4v) is 3.49. The van der Waals surface area contributed by atoms with E-state index in [4.69, 9.17) is 0 Å². The third-order valence-corrected chi connectivity index (χ3v) is 5.59. The maximum absolute atomic E-state index is 10.9. The zero-order valence-corrected chi connectivity index (χ0v) is 13.6. The van der Waals surface area contributed by atoms with E-state index < -0.39 is 5.60 Å². The molecule has 0 aromatic heterocycles. The number of benzene rings is 1. The summed E-state index contributed by atoms with van der Waals surface area (Å²) in [7, 11) is 0. The first kappa shape index (κ1) is 15.6. The van der Waals surface area contributed by atoms with Crippen molar-refractivity contribution in [3.05, 3.63) is 35.4 Å². The zero-order valence-electron chi connectivity index (χ0n) is 13.6. The molecule has 0 radical (unpaired) electrons. The normalized spacial score (nSPS) is 27.6. The van der Waals surface area contributed by atoms with Crippen LogP contribution in [0.15, 0.2) is 24.3 Å². The minimum absolute atomic E-state index is 0.422.